The fraction of sp³-hybridized carbons (Fsp3) is 0.397. The van der Waals surface area contributed by atoms with Gasteiger partial charge in [0.05, 0.1) is 135 Å². The summed E-state index contributed by atoms with van der Waals surface area (Å²) in [4.78, 5) is 80.7. The van der Waals surface area contributed by atoms with Crippen LogP contribution in [-0.2, 0) is 57.5 Å². The molecule has 0 saturated carbocycles. The van der Waals surface area contributed by atoms with Crippen molar-refractivity contribution in [3.05, 3.63) is 146 Å². The number of aryl methyl sites for hydroxylation is 2. The zero-order valence-corrected chi connectivity index (χ0v) is 52.2. The summed E-state index contributed by atoms with van der Waals surface area (Å²) in [6, 6.07) is 17.7. The monoisotopic (exact) mass is 1300 g/mol. The van der Waals surface area contributed by atoms with Crippen molar-refractivity contribution >= 4 is 74.6 Å². The topological polar surface area (TPSA) is 338 Å². The molecule has 2 atom stereocenters. The number of anilines is 4. The van der Waals surface area contributed by atoms with E-state index in [4.69, 9.17) is 45.8 Å². The highest BCUT2D eigenvalue weighted by molar-refractivity contribution is 6.35. The number of halogens is 3. The number of piperazine rings is 1. The highest BCUT2D eigenvalue weighted by Crippen LogP contribution is 2.37. The number of aliphatic carboxylic acids is 1. The molecule has 3 aromatic carbocycles. The molecule has 30 heteroatoms. The van der Waals surface area contributed by atoms with Crippen LogP contribution in [0.5, 0.6) is 0 Å². The predicted octanol–water partition coefficient (Wildman–Crippen LogP) is 5.68. The number of hydrogen-bond acceptors (Lipinski definition) is 22. The number of nitrogen functional groups attached to an aromatic ring is 1. The minimum absolute atomic E-state index is 0.0370. The van der Waals surface area contributed by atoms with E-state index in [1.807, 2.05) is 29.0 Å². The van der Waals surface area contributed by atoms with Crippen LogP contribution < -0.4 is 31.7 Å². The van der Waals surface area contributed by atoms with Gasteiger partial charge in [0.25, 0.3) is 11.5 Å². The Bertz CT molecular complexity index is 3970. The zero-order valence-electron chi connectivity index (χ0n) is 51.5. The third-order valence-electron chi connectivity index (χ3n) is 15.0. The Labute approximate surface area is 538 Å². The molecule has 0 spiro atoms. The van der Waals surface area contributed by atoms with Gasteiger partial charge in [-0.2, -0.15) is 5.26 Å². The zero-order chi connectivity index (χ0) is 65.8. The van der Waals surface area contributed by atoms with Crippen LogP contribution in [0.3, 0.4) is 0 Å². The molecule has 0 aliphatic carbocycles. The molecule has 9 rings (SSSR count). The summed E-state index contributed by atoms with van der Waals surface area (Å²) in [7, 11) is 1.87. The second-order valence-corrected chi connectivity index (χ2v) is 22.0. The standard InChI is InChI=1S/C63H71ClF2N16O11/c1-39(47-30-41(33-67)4-11-49(47)65)72-58-55(64)40(2)71-53-32-50(66)56(75-57(53)58)44-34-69-63(70-35-44)81-16-14-80(15-17-81)54(83)38-93-29-28-92-27-26-91-25-24-90-23-22-89-21-20-88-19-18-82-37-45(77-78-82)8-13-52(61(86)87)73-59(84)43-6-9-46(10-7-43)79(3)36-42-5-12-51-48(31-42)60(85)76-62(68)74-51/h4-7,9-12,30-32,34-35,37,39,52H,8,13-29,36,38H2,1-3H3,(H,71,72)(H,73,84)(H,86,87)(H3,68,74,76,85)/t39-,52+/m1/s1. The predicted molar refractivity (Wildman–Crippen MR) is 340 cm³/mol. The minimum atomic E-state index is -1.17. The lowest BCUT2D eigenvalue weighted by atomic mass is 10.0. The van der Waals surface area contributed by atoms with Crippen molar-refractivity contribution in [3.63, 3.8) is 0 Å². The Morgan fingerprint density at radius 3 is 2.14 bits per heavy atom. The molecular weight excluding hydrogens is 1230 g/mol. The van der Waals surface area contributed by atoms with Crippen LogP contribution in [0.4, 0.5) is 32.1 Å². The number of fused-ring (bicyclic) bond motifs is 2. The van der Waals surface area contributed by atoms with Crippen LogP contribution in [0.2, 0.25) is 5.02 Å². The first-order valence-corrected chi connectivity index (χ1v) is 30.4. The number of pyridine rings is 2. The first-order valence-electron chi connectivity index (χ1n) is 30.0. The molecule has 490 valence electrons. The summed E-state index contributed by atoms with van der Waals surface area (Å²) in [6.07, 6.45) is 5.02. The lowest BCUT2D eigenvalue weighted by Gasteiger charge is -2.34. The van der Waals surface area contributed by atoms with Crippen LogP contribution in [0, 0.1) is 29.9 Å². The maximum Gasteiger partial charge on any atom is 0.326 e. The summed E-state index contributed by atoms with van der Waals surface area (Å²) in [6.45, 7) is 9.75. The Hall–Kier alpha value is -9.41. The van der Waals surface area contributed by atoms with Crippen molar-refractivity contribution in [3.8, 4) is 17.3 Å². The quantitative estimate of drug-likeness (QED) is 0.0303. The summed E-state index contributed by atoms with van der Waals surface area (Å²) < 4.78 is 65.6. The third kappa shape index (κ3) is 18.9. The number of carboxylic acids is 1. The molecule has 0 unspecified atom stereocenters. The molecule has 2 amide bonds. The van der Waals surface area contributed by atoms with E-state index < -0.39 is 35.6 Å². The number of benzene rings is 3. The van der Waals surface area contributed by atoms with Crippen LogP contribution in [0.25, 0.3) is 33.2 Å². The molecule has 1 saturated heterocycles. The number of nitrogens with zero attached hydrogens (tertiary/aromatic N) is 12. The normalized spacial score (nSPS) is 13.1. The molecule has 6 N–H and O–H groups in total. The SMILES string of the molecule is Cc1nc2cc(F)c(-c3cnc(N4CCN(C(=O)COCCOCCOCCOCCOCCOCCn5cc(CC[C@H](NC(=O)c6ccc(N(C)Cc7ccc8nc(N)[nH]c(=O)c8c7)cc6)C(=O)O)nn5)CC4)nc3)nc2c(N[C@H](C)c2cc(C#N)ccc2F)c1Cl. The van der Waals surface area contributed by atoms with E-state index in [1.54, 1.807) is 66.0 Å². The number of ether oxygens (including phenoxy) is 6. The summed E-state index contributed by atoms with van der Waals surface area (Å²) >= 11 is 6.71. The van der Waals surface area contributed by atoms with Crippen molar-refractivity contribution in [2.24, 2.45) is 0 Å². The molecule has 0 bridgehead atoms. The number of rotatable bonds is 34. The first kappa shape index (κ1) is 68.0. The van der Waals surface area contributed by atoms with Crippen molar-refractivity contribution < 1.29 is 56.7 Å². The average Bonchev–Trinajstić information content (AvgIpc) is 1.31. The second kappa shape index (κ2) is 33.2. The van der Waals surface area contributed by atoms with E-state index in [2.05, 4.69) is 50.8 Å². The summed E-state index contributed by atoms with van der Waals surface area (Å²) in [5.41, 5.74) is 10.4. The van der Waals surface area contributed by atoms with Crippen LogP contribution in [0.15, 0.2) is 90.1 Å². The van der Waals surface area contributed by atoms with Gasteiger partial charge in [-0.15, -0.1) is 5.10 Å². The van der Waals surface area contributed by atoms with E-state index in [-0.39, 0.29) is 77.4 Å². The van der Waals surface area contributed by atoms with E-state index >= 15 is 4.39 Å². The number of aromatic nitrogens is 9. The molecule has 1 aliphatic rings. The number of aromatic amines is 1. The number of carbonyl (C=O) groups is 3. The van der Waals surface area contributed by atoms with Crippen molar-refractivity contribution in [1.82, 2.24) is 55.1 Å². The Morgan fingerprint density at radius 1 is 0.828 bits per heavy atom. The summed E-state index contributed by atoms with van der Waals surface area (Å²) in [5, 5.41) is 34.0. The Kier molecular flexibility index (Phi) is 24.3. The first-order chi connectivity index (χ1) is 45.0. The molecule has 5 aromatic heterocycles. The van der Waals surface area contributed by atoms with Gasteiger partial charge >= 0.3 is 5.97 Å². The molecule has 27 nitrogen and oxygen atoms in total. The van der Waals surface area contributed by atoms with Gasteiger partial charge in [-0.05, 0) is 86.8 Å². The lowest BCUT2D eigenvalue weighted by molar-refractivity contribution is -0.139. The number of H-pyrrole nitrogens is 1. The lowest BCUT2D eigenvalue weighted by Crippen LogP contribution is -2.50. The fourth-order valence-electron chi connectivity index (χ4n) is 10.00. The van der Waals surface area contributed by atoms with Gasteiger partial charge in [-0.3, -0.25) is 19.4 Å². The highest BCUT2D eigenvalue weighted by atomic mass is 35.5. The van der Waals surface area contributed by atoms with Crippen molar-refractivity contribution in [1.29, 1.82) is 5.26 Å². The summed E-state index contributed by atoms with van der Waals surface area (Å²) in [5.74, 6) is -2.56. The van der Waals surface area contributed by atoms with Crippen LogP contribution in [0.1, 0.15) is 57.8 Å². The number of nitrogens with two attached hydrogens (primary N) is 1. The van der Waals surface area contributed by atoms with Crippen LogP contribution >= 0.6 is 11.6 Å². The maximum atomic E-state index is 15.6. The number of hydrogen-bond donors (Lipinski definition) is 5. The molecule has 8 aromatic rings. The smallest absolute Gasteiger partial charge is 0.326 e. The van der Waals surface area contributed by atoms with Gasteiger partial charge in [0.2, 0.25) is 17.8 Å². The van der Waals surface area contributed by atoms with Crippen molar-refractivity contribution in [2.45, 2.75) is 51.9 Å². The van der Waals surface area contributed by atoms with E-state index in [0.717, 1.165) is 11.3 Å². The molecule has 93 heavy (non-hydrogen) atoms. The Balaban J connectivity index is 0.559. The van der Waals surface area contributed by atoms with Gasteiger partial charge in [0, 0.05) is 86.8 Å². The van der Waals surface area contributed by atoms with Gasteiger partial charge in [-0.25, -0.2) is 43.2 Å². The second-order valence-electron chi connectivity index (χ2n) is 21.6. The van der Waals surface area contributed by atoms with Crippen molar-refractivity contribution in [2.75, 3.05) is 133 Å². The number of carboxylic acid groups (broad SMARTS) is 1. The maximum absolute atomic E-state index is 15.6. The Morgan fingerprint density at radius 2 is 1.48 bits per heavy atom. The minimum Gasteiger partial charge on any atom is -0.480 e. The number of nitrogens with one attached hydrogen (secondary N) is 3. The highest BCUT2D eigenvalue weighted by Gasteiger charge is 2.26. The van der Waals surface area contributed by atoms with Gasteiger partial charge in [0.15, 0.2) is 5.82 Å². The molecule has 1 fully saturated rings. The molecule has 1 aliphatic heterocycles. The number of amides is 2. The van der Waals surface area contributed by atoms with Gasteiger partial charge in [0.1, 0.15) is 29.7 Å². The number of nitriles is 1. The van der Waals surface area contributed by atoms with E-state index in [1.165, 1.54) is 36.7 Å². The fourth-order valence-corrected chi connectivity index (χ4v) is 10.2. The number of carbonyl (C=O) groups excluding carboxylic acids is 2. The molecule has 6 heterocycles. The third-order valence-corrected chi connectivity index (χ3v) is 15.5. The van der Waals surface area contributed by atoms with Crippen LogP contribution in [-0.4, -0.2) is 191 Å². The average molecular weight is 1300 g/mol. The van der Waals surface area contributed by atoms with E-state index in [9.17, 15) is 33.9 Å². The van der Waals surface area contributed by atoms with Gasteiger partial charge < -0.3 is 64.6 Å². The molecule has 0 radical (unpaired) electrons. The largest absolute Gasteiger partial charge is 0.480 e. The molecular formula is C63H71ClF2N16O11. The van der Waals surface area contributed by atoms with E-state index in [0.29, 0.717) is 149 Å². The van der Waals surface area contributed by atoms with Gasteiger partial charge in [-0.1, -0.05) is 22.9 Å².